The number of rotatable bonds is 7. The molecule has 0 spiro atoms. The molecule has 1 atom stereocenters. The summed E-state index contributed by atoms with van der Waals surface area (Å²) in [6.45, 7) is 4.44. The van der Waals surface area contributed by atoms with Gasteiger partial charge in [-0.25, -0.2) is 13.1 Å². The molecule has 9 heteroatoms. The van der Waals surface area contributed by atoms with E-state index in [9.17, 15) is 13.2 Å². The summed E-state index contributed by atoms with van der Waals surface area (Å²) >= 11 is 0. The van der Waals surface area contributed by atoms with Crippen LogP contribution in [0.2, 0.25) is 0 Å². The number of nitrogens with zero attached hydrogens (tertiary/aromatic N) is 2. The Morgan fingerprint density at radius 1 is 1.45 bits per heavy atom. The number of carbonyl (C=O) groups is 1. The van der Waals surface area contributed by atoms with E-state index in [-0.39, 0.29) is 24.5 Å². The van der Waals surface area contributed by atoms with Gasteiger partial charge in [-0.2, -0.15) is 5.10 Å². The van der Waals surface area contributed by atoms with Gasteiger partial charge >= 0.3 is 5.97 Å². The Kier molecular flexibility index (Phi) is 5.26. The van der Waals surface area contributed by atoms with Crippen LogP contribution >= 0.6 is 0 Å². The number of aryl methyl sites for hydroxylation is 2. The molecule has 0 aliphatic carbocycles. The SMILES string of the molecule is Cc1nn(CCC(=O)O)c(C)c1S(=O)(=O)NC(C)CO. The van der Waals surface area contributed by atoms with E-state index in [1.165, 1.54) is 11.6 Å². The topological polar surface area (TPSA) is 122 Å². The second-order valence-electron chi connectivity index (χ2n) is 4.57. The first-order valence-electron chi connectivity index (χ1n) is 6.08. The van der Waals surface area contributed by atoms with E-state index < -0.39 is 22.0 Å². The number of sulfonamides is 1. The van der Waals surface area contributed by atoms with Crippen molar-refractivity contribution in [2.45, 2.75) is 44.7 Å². The zero-order valence-electron chi connectivity index (χ0n) is 11.6. The summed E-state index contributed by atoms with van der Waals surface area (Å²) in [5.41, 5.74) is 0.673. The van der Waals surface area contributed by atoms with Crippen LogP contribution in [0.3, 0.4) is 0 Å². The molecule has 20 heavy (non-hydrogen) atoms. The Balaban J connectivity index is 3.10. The summed E-state index contributed by atoms with van der Waals surface area (Å²) in [5.74, 6) is -0.978. The highest BCUT2D eigenvalue weighted by molar-refractivity contribution is 7.89. The number of carboxylic acids is 1. The molecule has 114 valence electrons. The molecule has 0 aromatic carbocycles. The predicted octanol–water partition coefficient (Wildman–Crippen LogP) is -0.366. The van der Waals surface area contributed by atoms with Gasteiger partial charge < -0.3 is 10.2 Å². The second kappa shape index (κ2) is 6.33. The number of aliphatic hydroxyl groups is 1. The highest BCUT2D eigenvalue weighted by Gasteiger charge is 2.25. The maximum atomic E-state index is 12.2. The molecule has 0 saturated carbocycles. The average Bonchev–Trinajstić information content (AvgIpc) is 2.61. The molecular formula is C11H19N3O5S. The largest absolute Gasteiger partial charge is 0.481 e. The Morgan fingerprint density at radius 3 is 2.55 bits per heavy atom. The lowest BCUT2D eigenvalue weighted by Gasteiger charge is -2.11. The molecule has 0 amide bonds. The molecule has 0 aliphatic heterocycles. The molecule has 0 fully saturated rings. The van der Waals surface area contributed by atoms with Crippen LogP contribution < -0.4 is 4.72 Å². The van der Waals surface area contributed by atoms with Gasteiger partial charge in [-0.05, 0) is 20.8 Å². The Bertz CT molecular complexity index is 593. The van der Waals surface area contributed by atoms with Crippen molar-refractivity contribution < 1.29 is 23.4 Å². The number of aliphatic carboxylic acids is 1. The van der Waals surface area contributed by atoms with Crippen molar-refractivity contribution in [3.63, 3.8) is 0 Å². The van der Waals surface area contributed by atoms with Gasteiger partial charge in [-0.1, -0.05) is 0 Å². The summed E-state index contributed by atoms with van der Waals surface area (Å²) in [4.78, 5) is 10.6. The van der Waals surface area contributed by atoms with Crippen molar-refractivity contribution in [3.8, 4) is 0 Å². The molecular weight excluding hydrogens is 286 g/mol. The number of nitrogens with one attached hydrogen (secondary N) is 1. The molecule has 0 radical (unpaired) electrons. The monoisotopic (exact) mass is 305 g/mol. The summed E-state index contributed by atoms with van der Waals surface area (Å²) in [7, 11) is -3.79. The van der Waals surface area contributed by atoms with Gasteiger partial charge in [0.25, 0.3) is 0 Å². The Labute approximate surface area is 117 Å². The summed E-state index contributed by atoms with van der Waals surface area (Å²) in [6, 6.07) is -0.610. The van der Waals surface area contributed by atoms with Crippen molar-refractivity contribution >= 4 is 16.0 Å². The quantitative estimate of drug-likeness (QED) is 0.632. The zero-order valence-corrected chi connectivity index (χ0v) is 12.4. The number of aliphatic hydroxyl groups excluding tert-OH is 1. The lowest BCUT2D eigenvalue weighted by atomic mass is 10.4. The average molecular weight is 305 g/mol. The minimum Gasteiger partial charge on any atom is -0.481 e. The lowest BCUT2D eigenvalue weighted by molar-refractivity contribution is -0.137. The number of hydrogen-bond donors (Lipinski definition) is 3. The summed E-state index contributed by atoms with van der Waals surface area (Å²) in [5, 5.41) is 21.6. The Hall–Kier alpha value is -1.45. The van der Waals surface area contributed by atoms with E-state index in [1.807, 2.05) is 0 Å². The van der Waals surface area contributed by atoms with E-state index in [2.05, 4.69) is 9.82 Å². The van der Waals surface area contributed by atoms with Crippen molar-refractivity contribution in [2.24, 2.45) is 0 Å². The van der Waals surface area contributed by atoms with Crippen LogP contribution in [-0.2, 0) is 21.4 Å². The fourth-order valence-corrected chi connectivity index (χ4v) is 3.50. The summed E-state index contributed by atoms with van der Waals surface area (Å²) in [6.07, 6.45) is -0.137. The van der Waals surface area contributed by atoms with Crippen molar-refractivity contribution in [1.29, 1.82) is 0 Å². The van der Waals surface area contributed by atoms with Crippen LogP contribution in [-0.4, -0.2) is 47.0 Å². The standard InChI is InChI=1S/C11H19N3O5S/c1-7(6-15)13-20(18,19)11-8(2)12-14(9(11)3)5-4-10(16)17/h7,13,15H,4-6H2,1-3H3,(H,16,17). The molecule has 0 bridgehead atoms. The second-order valence-corrected chi connectivity index (χ2v) is 6.22. The zero-order chi connectivity index (χ0) is 15.5. The van der Waals surface area contributed by atoms with Crippen LogP contribution in [0.1, 0.15) is 24.7 Å². The van der Waals surface area contributed by atoms with Crippen LogP contribution in [0.15, 0.2) is 4.90 Å². The fraction of sp³-hybridized carbons (Fsp3) is 0.636. The number of aromatic nitrogens is 2. The van der Waals surface area contributed by atoms with Crippen LogP contribution in [0.25, 0.3) is 0 Å². The molecule has 1 heterocycles. The number of carboxylic acid groups (broad SMARTS) is 1. The molecule has 0 aliphatic rings. The molecule has 1 rings (SSSR count). The van der Waals surface area contributed by atoms with Crippen LogP contribution in [0, 0.1) is 13.8 Å². The summed E-state index contributed by atoms with van der Waals surface area (Å²) < 4.78 is 28.1. The fourth-order valence-electron chi connectivity index (χ4n) is 1.85. The minimum absolute atomic E-state index is 0.0307. The highest BCUT2D eigenvalue weighted by Crippen LogP contribution is 2.19. The van der Waals surface area contributed by atoms with Gasteiger partial charge in [0.1, 0.15) is 4.90 Å². The van der Waals surface area contributed by atoms with E-state index in [4.69, 9.17) is 10.2 Å². The molecule has 1 unspecified atom stereocenters. The molecule has 1 aromatic heterocycles. The van der Waals surface area contributed by atoms with E-state index >= 15 is 0 Å². The third-order valence-corrected chi connectivity index (χ3v) is 4.59. The predicted molar refractivity (Wildman–Crippen MR) is 70.8 cm³/mol. The van der Waals surface area contributed by atoms with Gasteiger partial charge in [0.2, 0.25) is 10.0 Å². The van der Waals surface area contributed by atoms with Gasteiger partial charge in [0, 0.05) is 6.04 Å². The van der Waals surface area contributed by atoms with Gasteiger partial charge in [0.15, 0.2) is 0 Å². The van der Waals surface area contributed by atoms with Crippen molar-refractivity contribution in [2.75, 3.05) is 6.61 Å². The maximum Gasteiger partial charge on any atom is 0.305 e. The molecule has 3 N–H and O–H groups in total. The lowest BCUT2D eigenvalue weighted by Crippen LogP contribution is -2.35. The van der Waals surface area contributed by atoms with Crippen LogP contribution in [0.4, 0.5) is 0 Å². The minimum atomic E-state index is -3.79. The maximum absolute atomic E-state index is 12.2. The van der Waals surface area contributed by atoms with E-state index in [1.54, 1.807) is 13.8 Å². The Morgan fingerprint density at radius 2 is 2.05 bits per heavy atom. The van der Waals surface area contributed by atoms with Crippen molar-refractivity contribution in [1.82, 2.24) is 14.5 Å². The first kappa shape index (κ1) is 16.6. The van der Waals surface area contributed by atoms with E-state index in [0.717, 1.165) is 0 Å². The van der Waals surface area contributed by atoms with Gasteiger partial charge in [-0.3, -0.25) is 9.48 Å². The third-order valence-electron chi connectivity index (χ3n) is 2.75. The third kappa shape index (κ3) is 3.78. The number of hydrogen-bond acceptors (Lipinski definition) is 5. The normalized spacial score (nSPS) is 13.4. The molecule has 1 aromatic rings. The van der Waals surface area contributed by atoms with Gasteiger partial charge in [0.05, 0.1) is 31.0 Å². The van der Waals surface area contributed by atoms with E-state index in [0.29, 0.717) is 11.4 Å². The smallest absolute Gasteiger partial charge is 0.305 e. The van der Waals surface area contributed by atoms with Crippen LogP contribution in [0.5, 0.6) is 0 Å². The van der Waals surface area contributed by atoms with Crippen molar-refractivity contribution in [3.05, 3.63) is 11.4 Å². The highest BCUT2D eigenvalue weighted by atomic mass is 32.2. The first-order valence-corrected chi connectivity index (χ1v) is 7.56. The molecule has 0 saturated heterocycles. The van der Waals surface area contributed by atoms with Gasteiger partial charge in [-0.15, -0.1) is 0 Å². The first-order chi connectivity index (χ1) is 9.19. The molecule has 8 nitrogen and oxygen atoms in total.